The molecule has 2 heterocycles. The number of nitriles is 2. The molecule has 0 fully saturated rings. The van der Waals surface area contributed by atoms with Gasteiger partial charge in [0.2, 0.25) is 0 Å². The highest BCUT2D eigenvalue weighted by Crippen LogP contribution is 2.48. The van der Waals surface area contributed by atoms with Crippen molar-refractivity contribution in [3.8, 4) is 56.9 Å². The number of halogens is 3. The minimum atomic E-state index is -4.83. The van der Waals surface area contributed by atoms with Gasteiger partial charge < -0.3 is 9.13 Å². The van der Waals surface area contributed by atoms with Crippen molar-refractivity contribution >= 4 is 43.6 Å². The van der Waals surface area contributed by atoms with Crippen LogP contribution in [0.4, 0.5) is 13.2 Å². The highest BCUT2D eigenvalue weighted by molar-refractivity contribution is 6.13. The molecule has 0 aliphatic rings. The lowest BCUT2D eigenvalue weighted by Gasteiger charge is -2.24. The number of aromatic nitrogens is 2. The number of hydrogen-bond donors (Lipinski definition) is 0. The van der Waals surface area contributed by atoms with Crippen LogP contribution in [0.25, 0.3) is 88.4 Å². The number of fused-ring (bicyclic) bond motifs is 6. The first-order valence-corrected chi connectivity index (χ1v) is 20.4. The van der Waals surface area contributed by atoms with Gasteiger partial charge in [-0.2, -0.15) is 23.7 Å². The Bertz CT molecular complexity index is 3400. The zero-order valence-corrected chi connectivity index (χ0v) is 34.4. The van der Waals surface area contributed by atoms with Gasteiger partial charge in [-0.3, -0.25) is 0 Å². The fourth-order valence-electron chi connectivity index (χ4n) is 9.51. The summed E-state index contributed by atoms with van der Waals surface area (Å²) in [5.74, 6) is 0. The number of aryl methyl sites for hydroxylation is 4. The highest BCUT2D eigenvalue weighted by atomic mass is 19.4. The van der Waals surface area contributed by atoms with Crippen molar-refractivity contribution in [2.45, 2.75) is 33.9 Å². The summed E-state index contributed by atoms with van der Waals surface area (Å²) < 4.78 is 50.4. The lowest BCUT2D eigenvalue weighted by molar-refractivity contribution is -0.137. The average molecular weight is 811 g/mol. The molecule has 0 radical (unpaired) electrons. The van der Waals surface area contributed by atoms with Gasteiger partial charge in [-0.25, -0.2) is 0 Å². The van der Waals surface area contributed by atoms with Gasteiger partial charge >= 0.3 is 6.18 Å². The van der Waals surface area contributed by atoms with Gasteiger partial charge in [0.05, 0.1) is 62.3 Å². The van der Waals surface area contributed by atoms with E-state index in [1.807, 2.05) is 81.9 Å². The van der Waals surface area contributed by atoms with E-state index in [1.165, 1.54) is 12.1 Å². The van der Waals surface area contributed by atoms with E-state index in [1.54, 1.807) is 12.1 Å². The zero-order chi connectivity index (χ0) is 43.0. The smallest absolute Gasteiger partial charge is 0.308 e. The molecule has 0 saturated carbocycles. The van der Waals surface area contributed by atoms with Crippen molar-refractivity contribution in [1.29, 1.82) is 10.5 Å². The summed E-state index contributed by atoms with van der Waals surface area (Å²) >= 11 is 0. The number of rotatable bonds is 5. The second-order valence-electron chi connectivity index (χ2n) is 16.1. The molecule has 0 atom stereocenters. The number of nitrogens with zero attached hydrogens (tertiary/aromatic N) is 4. The fourth-order valence-corrected chi connectivity index (χ4v) is 9.51. The second kappa shape index (κ2) is 14.4. The molecule has 0 aliphatic carbocycles. The Morgan fingerprint density at radius 1 is 0.452 bits per heavy atom. The van der Waals surface area contributed by atoms with E-state index in [0.29, 0.717) is 11.4 Å². The van der Waals surface area contributed by atoms with Crippen LogP contribution in [0.2, 0.25) is 0 Å². The van der Waals surface area contributed by atoms with Crippen molar-refractivity contribution in [2.75, 3.05) is 0 Å². The number of para-hydroxylation sites is 2. The molecule has 62 heavy (non-hydrogen) atoms. The molecule has 2 aromatic heterocycles. The van der Waals surface area contributed by atoms with Gasteiger partial charge in [-0.15, -0.1) is 0 Å². The molecule has 0 bridgehead atoms. The van der Waals surface area contributed by atoms with Crippen LogP contribution in [0.5, 0.6) is 0 Å². The minimum Gasteiger partial charge on any atom is -0.308 e. The molecule has 0 amide bonds. The predicted octanol–water partition coefficient (Wildman–Crippen LogP) is 14.9. The third-order valence-corrected chi connectivity index (χ3v) is 12.2. The number of benzene rings is 8. The third kappa shape index (κ3) is 6.05. The van der Waals surface area contributed by atoms with Crippen LogP contribution >= 0.6 is 0 Å². The van der Waals surface area contributed by atoms with Crippen LogP contribution in [-0.2, 0) is 6.18 Å². The molecule has 0 spiro atoms. The Morgan fingerprint density at radius 3 is 1.39 bits per heavy atom. The van der Waals surface area contributed by atoms with E-state index in [2.05, 4.69) is 88.4 Å². The Labute approximate surface area is 356 Å². The molecular weight excluding hydrogens is 774 g/mol. The largest absolute Gasteiger partial charge is 0.417 e. The molecule has 7 heteroatoms. The zero-order valence-electron chi connectivity index (χ0n) is 34.4. The molecule has 0 aliphatic heterocycles. The van der Waals surface area contributed by atoms with E-state index >= 15 is 13.2 Å². The summed E-state index contributed by atoms with van der Waals surface area (Å²) in [7, 11) is 0. The van der Waals surface area contributed by atoms with Crippen molar-refractivity contribution in [2.24, 2.45) is 0 Å². The molecule has 10 aromatic rings. The summed E-state index contributed by atoms with van der Waals surface area (Å²) in [4.78, 5) is 0. The Morgan fingerprint density at radius 2 is 0.935 bits per heavy atom. The summed E-state index contributed by atoms with van der Waals surface area (Å²) in [6, 6.07) is 52.2. The highest BCUT2D eigenvalue weighted by Gasteiger charge is 2.37. The van der Waals surface area contributed by atoms with Gasteiger partial charge in [0, 0.05) is 32.7 Å². The fraction of sp³-hybridized carbons (Fsp3) is 0.0909. The molecule has 0 unspecified atom stereocenters. The lowest BCUT2D eigenvalue weighted by atomic mass is 9.90. The molecule has 298 valence electrons. The quantitative estimate of drug-likeness (QED) is 0.174. The Balaban J connectivity index is 1.37. The van der Waals surface area contributed by atoms with Gasteiger partial charge in [0.1, 0.15) is 0 Å². The number of hydrogen-bond acceptors (Lipinski definition) is 2. The first-order chi connectivity index (χ1) is 29.9. The summed E-state index contributed by atoms with van der Waals surface area (Å²) in [6.07, 6.45) is -4.83. The van der Waals surface area contributed by atoms with Crippen LogP contribution in [0, 0.1) is 50.4 Å². The predicted molar refractivity (Wildman–Crippen MR) is 245 cm³/mol. The van der Waals surface area contributed by atoms with Gasteiger partial charge in [0.25, 0.3) is 0 Å². The average Bonchev–Trinajstić information content (AvgIpc) is 3.77. The second-order valence-corrected chi connectivity index (χ2v) is 16.1. The summed E-state index contributed by atoms with van der Waals surface area (Å²) in [5, 5.41) is 25.0. The molecular formula is C55H37F3N4. The van der Waals surface area contributed by atoms with Crippen molar-refractivity contribution in [1.82, 2.24) is 9.13 Å². The molecule has 4 nitrogen and oxygen atoms in total. The van der Waals surface area contributed by atoms with Gasteiger partial charge in [-0.1, -0.05) is 102 Å². The lowest BCUT2D eigenvalue weighted by Crippen LogP contribution is -2.12. The minimum absolute atomic E-state index is 0.136. The Kier molecular flexibility index (Phi) is 8.91. The van der Waals surface area contributed by atoms with Crippen molar-refractivity contribution in [3.63, 3.8) is 0 Å². The molecule has 10 rings (SSSR count). The van der Waals surface area contributed by atoms with E-state index in [4.69, 9.17) is 0 Å². The van der Waals surface area contributed by atoms with E-state index in [9.17, 15) is 10.5 Å². The standard InChI is InChI=1S/C55H37F3N4/c1-32-16-20-40(34(3)24-32)37-18-22-49-44(28-37)42-11-5-7-14-47(42)61(49)51-26-36(30-59)27-52(54(51)53-39(31-60)10-9-13-46(53)55(56,57)58)62-48-15-8-6-12-43(48)45-29-38(19-23-50(45)62)41-21-17-33(2)25-35(41)4/h5-29H,1-4H3. The molecule has 0 N–H and O–H groups in total. The Hall–Kier alpha value is -7.87. The maximum absolute atomic E-state index is 15.5. The number of alkyl halides is 3. The molecule has 8 aromatic carbocycles. The maximum atomic E-state index is 15.5. The monoisotopic (exact) mass is 810 g/mol. The summed E-state index contributed by atoms with van der Waals surface area (Å²) in [6.45, 7) is 8.29. The molecule has 0 saturated heterocycles. The topological polar surface area (TPSA) is 57.4 Å². The van der Waals surface area contributed by atoms with Gasteiger partial charge in [-0.05, 0) is 122 Å². The first kappa shape index (κ1) is 38.3. The maximum Gasteiger partial charge on any atom is 0.417 e. The van der Waals surface area contributed by atoms with Crippen molar-refractivity contribution < 1.29 is 13.2 Å². The summed E-state index contributed by atoms with van der Waals surface area (Å²) in [5.41, 5.74) is 11.5. The normalized spacial score (nSPS) is 11.8. The van der Waals surface area contributed by atoms with E-state index < -0.39 is 11.7 Å². The van der Waals surface area contributed by atoms with E-state index in [-0.39, 0.29) is 22.3 Å². The van der Waals surface area contributed by atoms with Crippen LogP contribution in [-0.4, -0.2) is 9.13 Å². The first-order valence-electron chi connectivity index (χ1n) is 20.4. The van der Waals surface area contributed by atoms with Crippen LogP contribution < -0.4 is 0 Å². The van der Waals surface area contributed by atoms with Crippen LogP contribution in [0.1, 0.15) is 38.9 Å². The third-order valence-electron chi connectivity index (χ3n) is 12.2. The van der Waals surface area contributed by atoms with Gasteiger partial charge in [0.15, 0.2) is 0 Å². The SMILES string of the molecule is Cc1ccc(-c2ccc3c(c2)c2ccccc2n3-c2cc(C#N)cc(-n3c4ccccc4c4cc(-c5ccc(C)cc5C)ccc43)c2-c2c(C#N)cccc2C(F)(F)F)c(C)c1. The van der Waals surface area contributed by atoms with E-state index in [0.717, 1.165) is 94.2 Å². The van der Waals surface area contributed by atoms with Crippen LogP contribution in [0.15, 0.2) is 152 Å². The van der Waals surface area contributed by atoms with Crippen molar-refractivity contribution in [3.05, 3.63) is 191 Å². The van der Waals surface area contributed by atoms with Crippen LogP contribution in [0.3, 0.4) is 0 Å².